The molecule has 0 aliphatic heterocycles. The van der Waals surface area contributed by atoms with Gasteiger partial charge in [-0.15, -0.1) is 0 Å². The summed E-state index contributed by atoms with van der Waals surface area (Å²) in [6.07, 6.45) is 2.64. The fourth-order valence-corrected chi connectivity index (χ4v) is 2.43. The lowest BCUT2D eigenvalue weighted by Crippen LogP contribution is -2.32. The van der Waals surface area contributed by atoms with Crippen LogP contribution in [0.4, 0.5) is 0 Å². The topological polar surface area (TPSA) is 41.3 Å². The summed E-state index contributed by atoms with van der Waals surface area (Å²) < 4.78 is 5.63. The minimum absolute atomic E-state index is 0.371. The molecule has 3 rings (SSSR count). The smallest absolute Gasteiger partial charge is 0.192 e. The van der Waals surface area contributed by atoms with Gasteiger partial charge in [-0.2, -0.15) is 0 Å². The number of benzene rings is 1. The number of nitrogens with zero attached hydrogens (tertiary/aromatic N) is 2. The lowest BCUT2D eigenvalue weighted by Gasteiger charge is -2.25. The van der Waals surface area contributed by atoms with Gasteiger partial charge < -0.3 is 14.6 Å². The van der Waals surface area contributed by atoms with E-state index in [9.17, 15) is 0 Å². The second-order valence-electron chi connectivity index (χ2n) is 5.62. The van der Waals surface area contributed by atoms with Crippen LogP contribution in [0.2, 0.25) is 0 Å². The van der Waals surface area contributed by atoms with Crippen molar-refractivity contribution < 1.29 is 4.42 Å². The van der Waals surface area contributed by atoms with Crippen LogP contribution in [0.1, 0.15) is 30.3 Å². The number of hydrogen-bond donors (Lipinski definition) is 1. The summed E-state index contributed by atoms with van der Waals surface area (Å²) in [5.74, 6) is 0.727. The summed E-state index contributed by atoms with van der Waals surface area (Å²) in [5.41, 5.74) is 3.10. The van der Waals surface area contributed by atoms with Gasteiger partial charge in [0.05, 0.1) is 0 Å². The lowest BCUT2D eigenvalue weighted by atomic mass is 10.1. The number of fused-ring (bicyclic) bond motifs is 1. The van der Waals surface area contributed by atoms with Gasteiger partial charge in [-0.1, -0.05) is 6.07 Å². The maximum Gasteiger partial charge on any atom is 0.192 e. The van der Waals surface area contributed by atoms with Gasteiger partial charge in [0.15, 0.2) is 11.5 Å². The van der Waals surface area contributed by atoms with E-state index in [4.69, 9.17) is 4.42 Å². The van der Waals surface area contributed by atoms with Gasteiger partial charge in [-0.25, -0.2) is 4.98 Å². The Bertz CT molecular complexity index is 572. The highest BCUT2D eigenvalue weighted by Crippen LogP contribution is 2.25. The van der Waals surface area contributed by atoms with Gasteiger partial charge in [0.2, 0.25) is 0 Å². The third-order valence-electron chi connectivity index (χ3n) is 3.70. The van der Waals surface area contributed by atoms with E-state index in [1.807, 2.05) is 6.92 Å². The Hall–Kier alpha value is -1.39. The third kappa shape index (κ3) is 2.80. The molecule has 2 aromatic rings. The fourth-order valence-electron chi connectivity index (χ4n) is 2.43. The summed E-state index contributed by atoms with van der Waals surface area (Å²) in [6, 6.07) is 7.43. The van der Waals surface area contributed by atoms with Gasteiger partial charge in [-0.05, 0) is 44.6 Å². The highest BCUT2D eigenvalue weighted by Gasteiger charge is 2.23. The van der Waals surface area contributed by atoms with Crippen LogP contribution in [-0.4, -0.2) is 36.6 Å². The van der Waals surface area contributed by atoms with Crippen LogP contribution in [0.25, 0.3) is 11.1 Å². The predicted molar refractivity (Wildman–Crippen MR) is 76.2 cm³/mol. The van der Waals surface area contributed by atoms with Crippen LogP contribution in [-0.2, 0) is 0 Å². The molecule has 1 heterocycles. The van der Waals surface area contributed by atoms with E-state index >= 15 is 0 Å². The molecular formula is C15H21N3O. The second-order valence-corrected chi connectivity index (χ2v) is 5.62. The van der Waals surface area contributed by atoms with E-state index in [1.54, 1.807) is 0 Å². The SMILES string of the molecule is Cc1nc2ccc(C(CNC3CC3)N(C)C)cc2o1. The number of rotatable bonds is 5. The minimum Gasteiger partial charge on any atom is -0.441 e. The van der Waals surface area contributed by atoms with Gasteiger partial charge >= 0.3 is 0 Å². The van der Waals surface area contributed by atoms with Gasteiger partial charge in [0.25, 0.3) is 0 Å². The minimum atomic E-state index is 0.371. The first kappa shape index (κ1) is 12.6. The number of aryl methyl sites for hydroxylation is 1. The molecule has 1 aromatic carbocycles. The molecule has 0 saturated heterocycles. The fraction of sp³-hybridized carbons (Fsp3) is 0.533. The predicted octanol–water partition coefficient (Wildman–Crippen LogP) is 2.49. The molecule has 0 radical (unpaired) electrons. The summed E-state index contributed by atoms with van der Waals surface area (Å²) in [4.78, 5) is 6.60. The van der Waals surface area contributed by atoms with Crippen molar-refractivity contribution in [3.8, 4) is 0 Å². The monoisotopic (exact) mass is 259 g/mol. The van der Waals surface area contributed by atoms with Crippen molar-refractivity contribution >= 4 is 11.1 Å². The lowest BCUT2D eigenvalue weighted by molar-refractivity contribution is 0.288. The standard InChI is InChI=1S/C15H21N3O/c1-10-17-13-7-4-11(8-15(13)19-10)14(18(2)3)9-16-12-5-6-12/h4,7-8,12,14,16H,5-6,9H2,1-3H3. The highest BCUT2D eigenvalue weighted by atomic mass is 16.3. The first-order valence-corrected chi connectivity index (χ1v) is 6.90. The number of oxazole rings is 1. The molecule has 1 saturated carbocycles. The number of likely N-dealkylation sites (N-methyl/N-ethyl adjacent to an activating group) is 1. The molecule has 102 valence electrons. The van der Waals surface area contributed by atoms with E-state index in [0.717, 1.165) is 29.6 Å². The number of hydrogen-bond acceptors (Lipinski definition) is 4. The molecule has 0 amide bonds. The Morgan fingerprint density at radius 2 is 2.21 bits per heavy atom. The van der Waals surface area contributed by atoms with Gasteiger partial charge in [0, 0.05) is 25.6 Å². The molecule has 1 aromatic heterocycles. The van der Waals surface area contributed by atoms with Gasteiger partial charge in [-0.3, -0.25) is 0 Å². The van der Waals surface area contributed by atoms with Gasteiger partial charge in [0.1, 0.15) is 5.52 Å². The van der Waals surface area contributed by atoms with Crippen molar-refractivity contribution in [2.75, 3.05) is 20.6 Å². The second kappa shape index (κ2) is 4.94. The Balaban J connectivity index is 1.84. The molecule has 4 heteroatoms. The van der Waals surface area contributed by atoms with E-state index in [0.29, 0.717) is 6.04 Å². The quantitative estimate of drug-likeness (QED) is 0.895. The summed E-state index contributed by atoms with van der Waals surface area (Å²) in [5, 5.41) is 3.60. The maximum absolute atomic E-state index is 5.63. The van der Waals surface area contributed by atoms with Crippen molar-refractivity contribution in [1.29, 1.82) is 0 Å². The van der Waals surface area contributed by atoms with Crippen molar-refractivity contribution in [3.63, 3.8) is 0 Å². The molecule has 19 heavy (non-hydrogen) atoms. The van der Waals surface area contributed by atoms with Crippen LogP contribution >= 0.6 is 0 Å². The molecule has 1 aliphatic rings. The Kier molecular flexibility index (Phi) is 3.29. The van der Waals surface area contributed by atoms with Crippen molar-refractivity contribution in [3.05, 3.63) is 29.7 Å². The average Bonchev–Trinajstić information content (AvgIpc) is 3.09. The normalized spacial score (nSPS) is 17.3. The first-order valence-electron chi connectivity index (χ1n) is 6.90. The third-order valence-corrected chi connectivity index (χ3v) is 3.70. The van der Waals surface area contributed by atoms with Crippen molar-refractivity contribution in [2.24, 2.45) is 0 Å². The molecule has 1 fully saturated rings. The molecular weight excluding hydrogens is 238 g/mol. The van der Waals surface area contributed by atoms with E-state index in [-0.39, 0.29) is 0 Å². The van der Waals surface area contributed by atoms with E-state index < -0.39 is 0 Å². The Morgan fingerprint density at radius 1 is 1.42 bits per heavy atom. The zero-order valence-electron chi connectivity index (χ0n) is 11.8. The van der Waals surface area contributed by atoms with E-state index in [2.05, 4.69) is 47.5 Å². The van der Waals surface area contributed by atoms with Crippen molar-refractivity contribution in [2.45, 2.75) is 31.8 Å². The summed E-state index contributed by atoms with van der Waals surface area (Å²) >= 11 is 0. The zero-order chi connectivity index (χ0) is 13.4. The average molecular weight is 259 g/mol. The van der Waals surface area contributed by atoms with Crippen LogP contribution in [0, 0.1) is 6.92 Å². The molecule has 0 bridgehead atoms. The van der Waals surface area contributed by atoms with Crippen LogP contribution in [0.5, 0.6) is 0 Å². The molecule has 0 spiro atoms. The molecule has 4 nitrogen and oxygen atoms in total. The molecule has 1 atom stereocenters. The maximum atomic E-state index is 5.63. The zero-order valence-corrected chi connectivity index (χ0v) is 11.8. The Labute approximate surface area is 113 Å². The molecule has 1 aliphatic carbocycles. The number of nitrogens with one attached hydrogen (secondary N) is 1. The first-order chi connectivity index (χ1) is 9.13. The summed E-state index contributed by atoms with van der Waals surface area (Å²) in [7, 11) is 4.24. The molecule has 1 N–H and O–H groups in total. The van der Waals surface area contributed by atoms with E-state index in [1.165, 1.54) is 18.4 Å². The molecule has 1 unspecified atom stereocenters. The van der Waals surface area contributed by atoms with Crippen molar-refractivity contribution in [1.82, 2.24) is 15.2 Å². The van der Waals surface area contributed by atoms with Crippen LogP contribution in [0.15, 0.2) is 22.6 Å². The Morgan fingerprint density at radius 3 is 2.89 bits per heavy atom. The summed E-state index contributed by atoms with van der Waals surface area (Å²) in [6.45, 7) is 2.87. The number of aromatic nitrogens is 1. The highest BCUT2D eigenvalue weighted by molar-refractivity contribution is 5.73. The van der Waals surface area contributed by atoms with Crippen LogP contribution < -0.4 is 5.32 Å². The largest absolute Gasteiger partial charge is 0.441 e. The van der Waals surface area contributed by atoms with Crippen LogP contribution in [0.3, 0.4) is 0 Å².